The maximum atomic E-state index is 13.4. The van der Waals surface area contributed by atoms with Crippen molar-refractivity contribution in [1.82, 2.24) is 4.90 Å². The lowest BCUT2D eigenvalue weighted by atomic mass is 10.0. The van der Waals surface area contributed by atoms with Gasteiger partial charge in [0.05, 0.1) is 6.04 Å². The predicted octanol–water partition coefficient (Wildman–Crippen LogP) is 3.55. The number of nitrogens with two attached hydrogens (primary N) is 1. The van der Waals surface area contributed by atoms with E-state index in [4.69, 9.17) is 5.73 Å². The normalized spacial score (nSPS) is 12.0. The van der Waals surface area contributed by atoms with Gasteiger partial charge in [0.1, 0.15) is 5.82 Å². The number of carbonyl (C=O) groups is 1. The van der Waals surface area contributed by atoms with Crippen LogP contribution in [0, 0.1) is 12.7 Å². The molecule has 0 aliphatic carbocycles. The summed E-state index contributed by atoms with van der Waals surface area (Å²) in [6.07, 6.45) is 0. The molecule has 0 heterocycles. The van der Waals surface area contributed by atoms with Crippen LogP contribution in [0.2, 0.25) is 0 Å². The van der Waals surface area contributed by atoms with Gasteiger partial charge in [-0.1, -0.05) is 12.1 Å². The van der Waals surface area contributed by atoms with Gasteiger partial charge in [0.25, 0.3) is 5.91 Å². The highest BCUT2D eigenvalue weighted by Crippen LogP contribution is 2.23. The van der Waals surface area contributed by atoms with Crippen LogP contribution in [-0.4, -0.2) is 17.9 Å². The molecule has 21 heavy (non-hydrogen) atoms. The fourth-order valence-corrected chi connectivity index (χ4v) is 2.28. The predicted molar refractivity (Wildman–Crippen MR) is 82.5 cm³/mol. The lowest BCUT2D eigenvalue weighted by Gasteiger charge is -2.26. The molecule has 0 aliphatic rings. The third-order valence-electron chi connectivity index (χ3n) is 3.58. The zero-order valence-corrected chi connectivity index (χ0v) is 12.4. The van der Waals surface area contributed by atoms with Crippen molar-refractivity contribution in [3.05, 3.63) is 65.0 Å². The summed E-state index contributed by atoms with van der Waals surface area (Å²) in [4.78, 5) is 14.1. The number of anilines is 1. The molecule has 2 aromatic rings. The monoisotopic (exact) mass is 286 g/mol. The number of carbonyl (C=O) groups excluding carboxylic acids is 1. The third-order valence-corrected chi connectivity index (χ3v) is 3.58. The first-order valence-electron chi connectivity index (χ1n) is 6.78. The molecule has 0 aromatic heterocycles. The van der Waals surface area contributed by atoms with Gasteiger partial charge in [-0.3, -0.25) is 4.79 Å². The summed E-state index contributed by atoms with van der Waals surface area (Å²) in [6.45, 7) is 3.68. The van der Waals surface area contributed by atoms with Crippen LogP contribution in [0.1, 0.15) is 34.5 Å². The van der Waals surface area contributed by atoms with E-state index in [0.717, 1.165) is 11.1 Å². The molecule has 1 unspecified atom stereocenters. The molecule has 0 saturated heterocycles. The molecule has 4 heteroatoms. The van der Waals surface area contributed by atoms with Crippen molar-refractivity contribution in [3.8, 4) is 0 Å². The molecule has 2 rings (SSSR count). The fraction of sp³-hybridized carbons (Fsp3) is 0.235. The van der Waals surface area contributed by atoms with Crippen molar-refractivity contribution in [2.24, 2.45) is 0 Å². The summed E-state index contributed by atoms with van der Waals surface area (Å²) < 4.78 is 13.4. The van der Waals surface area contributed by atoms with Crippen LogP contribution in [-0.2, 0) is 0 Å². The number of nitrogens with zero attached hydrogens (tertiary/aromatic N) is 1. The Hall–Kier alpha value is -2.36. The Morgan fingerprint density at radius 1 is 1.24 bits per heavy atom. The van der Waals surface area contributed by atoms with E-state index in [1.807, 2.05) is 25.1 Å². The molecule has 0 spiro atoms. The third kappa shape index (κ3) is 3.40. The molecule has 0 aliphatic heterocycles. The summed E-state index contributed by atoms with van der Waals surface area (Å²) >= 11 is 0. The molecular weight excluding hydrogens is 267 g/mol. The highest BCUT2D eigenvalue weighted by atomic mass is 19.1. The molecule has 110 valence electrons. The quantitative estimate of drug-likeness (QED) is 0.877. The number of halogens is 1. The minimum Gasteiger partial charge on any atom is -0.399 e. The van der Waals surface area contributed by atoms with E-state index in [1.165, 1.54) is 12.1 Å². The van der Waals surface area contributed by atoms with Crippen LogP contribution in [0.15, 0.2) is 42.5 Å². The van der Waals surface area contributed by atoms with E-state index < -0.39 is 5.82 Å². The van der Waals surface area contributed by atoms with Gasteiger partial charge in [0, 0.05) is 18.3 Å². The van der Waals surface area contributed by atoms with Gasteiger partial charge in [0.15, 0.2) is 0 Å². The first-order valence-corrected chi connectivity index (χ1v) is 6.78. The van der Waals surface area contributed by atoms with Crippen LogP contribution in [0.25, 0.3) is 0 Å². The lowest BCUT2D eigenvalue weighted by Crippen LogP contribution is -2.29. The summed E-state index contributed by atoms with van der Waals surface area (Å²) in [5.41, 5.74) is 8.45. The number of nitrogen functional groups attached to an aromatic ring is 1. The van der Waals surface area contributed by atoms with Gasteiger partial charge < -0.3 is 10.6 Å². The van der Waals surface area contributed by atoms with Crippen molar-refractivity contribution in [3.63, 3.8) is 0 Å². The van der Waals surface area contributed by atoms with Crippen molar-refractivity contribution in [2.75, 3.05) is 12.8 Å². The lowest BCUT2D eigenvalue weighted by molar-refractivity contribution is 0.0742. The second kappa shape index (κ2) is 5.95. The Bertz CT molecular complexity index is 649. The van der Waals surface area contributed by atoms with Gasteiger partial charge in [-0.25, -0.2) is 4.39 Å². The van der Waals surface area contributed by atoms with Crippen molar-refractivity contribution in [2.45, 2.75) is 19.9 Å². The Balaban J connectivity index is 2.26. The fourth-order valence-electron chi connectivity index (χ4n) is 2.28. The first kappa shape index (κ1) is 15.0. The number of aryl methyl sites for hydroxylation is 1. The molecule has 1 atom stereocenters. The van der Waals surface area contributed by atoms with Gasteiger partial charge in [0.2, 0.25) is 0 Å². The smallest absolute Gasteiger partial charge is 0.254 e. The maximum Gasteiger partial charge on any atom is 0.254 e. The average molecular weight is 286 g/mol. The molecule has 0 radical (unpaired) electrons. The topological polar surface area (TPSA) is 46.3 Å². The number of hydrogen-bond donors (Lipinski definition) is 1. The molecular formula is C17H19FN2O. The van der Waals surface area contributed by atoms with Gasteiger partial charge in [-0.05, 0) is 55.3 Å². The Morgan fingerprint density at radius 3 is 2.57 bits per heavy atom. The standard InChI is InChI=1S/C17H19FN2O/c1-11-7-14(9-15(18)8-11)17(21)20(3)12(2)13-5-4-6-16(19)10-13/h4-10,12H,19H2,1-3H3. The van der Waals surface area contributed by atoms with Gasteiger partial charge in [-0.2, -0.15) is 0 Å². The Labute approximate surface area is 124 Å². The highest BCUT2D eigenvalue weighted by molar-refractivity contribution is 5.94. The molecule has 2 N–H and O–H groups in total. The van der Waals surface area contributed by atoms with Crippen molar-refractivity contribution in [1.29, 1.82) is 0 Å². The second-order valence-corrected chi connectivity index (χ2v) is 5.28. The maximum absolute atomic E-state index is 13.4. The number of rotatable bonds is 3. The number of benzene rings is 2. The first-order chi connectivity index (χ1) is 9.88. The van der Waals surface area contributed by atoms with E-state index in [-0.39, 0.29) is 11.9 Å². The second-order valence-electron chi connectivity index (χ2n) is 5.28. The molecule has 0 fully saturated rings. The summed E-state index contributed by atoms with van der Waals surface area (Å²) in [6, 6.07) is 11.6. The van der Waals surface area contributed by atoms with Crippen LogP contribution in [0.4, 0.5) is 10.1 Å². The minimum absolute atomic E-state index is 0.149. The Kier molecular flexibility index (Phi) is 4.26. The van der Waals surface area contributed by atoms with E-state index in [0.29, 0.717) is 11.3 Å². The van der Waals surface area contributed by atoms with Crippen molar-refractivity contribution < 1.29 is 9.18 Å². The van der Waals surface area contributed by atoms with Crippen LogP contribution in [0.5, 0.6) is 0 Å². The molecule has 0 saturated carbocycles. The largest absolute Gasteiger partial charge is 0.399 e. The van der Waals surface area contributed by atoms with E-state index >= 15 is 0 Å². The molecule has 1 amide bonds. The zero-order chi connectivity index (χ0) is 15.6. The van der Waals surface area contributed by atoms with E-state index in [2.05, 4.69) is 0 Å². The highest BCUT2D eigenvalue weighted by Gasteiger charge is 2.19. The summed E-state index contributed by atoms with van der Waals surface area (Å²) in [5.74, 6) is -0.615. The average Bonchev–Trinajstić information content (AvgIpc) is 2.44. The van der Waals surface area contributed by atoms with Crippen LogP contribution < -0.4 is 5.73 Å². The number of amides is 1. The van der Waals surface area contributed by atoms with Crippen LogP contribution in [0.3, 0.4) is 0 Å². The minimum atomic E-state index is -0.400. The molecule has 2 aromatic carbocycles. The summed E-state index contributed by atoms with van der Waals surface area (Å²) in [7, 11) is 1.70. The molecule has 0 bridgehead atoms. The zero-order valence-electron chi connectivity index (χ0n) is 12.4. The van der Waals surface area contributed by atoms with Gasteiger partial charge >= 0.3 is 0 Å². The van der Waals surface area contributed by atoms with E-state index in [1.54, 1.807) is 31.0 Å². The Morgan fingerprint density at radius 2 is 1.95 bits per heavy atom. The SMILES string of the molecule is Cc1cc(F)cc(C(=O)N(C)C(C)c2cccc(N)c2)c1. The summed E-state index contributed by atoms with van der Waals surface area (Å²) in [5, 5.41) is 0. The van der Waals surface area contributed by atoms with Crippen molar-refractivity contribution >= 4 is 11.6 Å². The van der Waals surface area contributed by atoms with Gasteiger partial charge in [-0.15, -0.1) is 0 Å². The molecule has 3 nitrogen and oxygen atoms in total. The van der Waals surface area contributed by atoms with Crippen LogP contribution >= 0.6 is 0 Å². The van der Waals surface area contributed by atoms with E-state index in [9.17, 15) is 9.18 Å². The number of hydrogen-bond acceptors (Lipinski definition) is 2.